The van der Waals surface area contributed by atoms with Gasteiger partial charge < -0.3 is 10.6 Å². The van der Waals surface area contributed by atoms with Crippen molar-refractivity contribution in [2.45, 2.75) is 13.8 Å². The molecule has 0 atom stereocenters. The van der Waals surface area contributed by atoms with Gasteiger partial charge in [0.05, 0.1) is 17.6 Å². The summed E-state index contributed by atoms with van der Waals surface area (Å²) in [6.07, 6.45) is 3.29. The van der Waals surface area contributed by atoms with E-state index in [1.165, 1.54) is 0 Å². The van der Waals surface area contributed by atoms with Crippen molar-refractivity contribution in [1.82, 2.24) is 14.6 Å². The minimum Gasteiger partial charge on any atom is -0.394 e. The molecule has 0 saturated carbocycles. The highest BCUT2D eigenvalue weighted by Gasteiger charge is 2.12. The molecule has 0 saturated heterocycles. The van der Waals surface area contributed by atoms with Gasteiger partial charge in [-0.15, -0.1) is 0 Å². The molecule has 0 aliphatic heterocycles. The molecule has 0 unspecified atom stereocenters. The zero-order valence-corrected chi connectivity index (χ0v) is 12.5. The third kappa shape index (κ3) is 2.28. The Hall–Kier alpha value is -2.89. The standard InChI is InChI=1S/C16H17N5O/c1-3-20(11(2)22)13-6-4-5-12(9-13)15-7-8-18-16-14(17)10-19-21(15)16/h4-10H,3,17H2,1-2H3. The van der Waals surface area contributed by atoms with Crippen molar-refractivity contribution in [2.24, 2.45) is 0 Å². The Labute approximate surface area is 128 Å². The van der Waals surface area contributed by atoms with Crippen molar-refractivity contribution >= 4 is 22.9 Å². The number of carbonyl (C=O) groups excluding carboxylic acids is 1. The van der Waals surface area contributed by atoms with Gasteiger partial charge in [-0.3, -0.25) is 4.79 Å². The molecule has 0 bridgehead atoms. The summed E-state index contributed by atoms with van der Waals surface area (Å²) in [4.78, 5) is 17.7. The third-order valence-electron chi connectivity index (χ3n) is 3.58. The van der Waals surface area contributed by atoms with Crippen LogP contribution >= 0.6 is 0 Å². The summed E-state index contributed by atoms with van der Waals surface area (Å²) >= 11 is 0. The number of anilines is 2. The van der Waals surface area contributed by atoms with Gasteiger partial charge in [0.25, 0.3) is 0 Å². The average Bonchev–Trinajstić information content (AvgIpc) is 2.90. The van der Waals surface area contributed by atoms with E-state index in [-0.39, 0.29) is 5.91 Å². The van der Waals surface area contributed by atoms with E-state index in [1.54, 1.807) is 28.7 Å². The van der Waals surface area contributed by atoms with E-state index in [0.29, 0.717) is 17.9 Å². The zero-order valence-electron chi connectivity index (χ0n) is 12.5. The van der Waals surface area contributed by atoms with Crippen LogP contribution in [-0.4, -0.2) is 27.0 Å². The maximum absolute atomic E-state index is 11.7. The first-order chi connectivity index (χ1) is 10.6. The first kappa shape index (κ1) is 14.1. The Morgan fingerprint density at radius 1 is 1.36 bits per heavy atom. The fourth-order valence-corrected chi connectivity index (χ4v) is 2.55. The lowest BCUT2D eigenvalue weighted by Gasteiger charge is -2.19. The normalized spacial score (nSPS) is 10.8. The van der Waals surface area contributed by atoms with E-state index in [4.69, 9.17) is 5.73 Å². The summed E-state index contributed by atoms with van der Waals surface area (Å²) in [5, 5.41) is 4.27. The van der Waals surface area contributed by atoms with E-state index < -0.39 is 0 Å². The van der Waals surface area contributed by atoms with E-state index in [0.717, 1.165) is 16.9 Å². The molecule has 22 heavy (non-hydrogen) atoms. The lowest BCUT2D eigenvalue weighted by molar-refractivity contribution is -0.116. The fourth-order valence-electron chi connectivity index (χ4n) is 2.55. The molecule has 0 radical (unpaired) electrons. The summed E-state index contributed by atoms with van der Waals surface area (Å²) in [5.74, 6) is 0.0165. The van der Waals surface area contributed by atoms with Crippen molar-refractivity contribution in [2.75, 3.05) is 17.2 Å². The Balaban J connectivity index is 2.13. The highest BCUT2D eigenvalue weighted by Crippen LogP contribution is 2.26. The van der Waals surface area contributed by atoms with Crippen LogP contribution in [0.15, 0.2) is 42.7 Å². The number of hydrogen-bond donors (Lipinski definition) is 1. The first-order valence-corrected chi connectivity index (χ1v) is 7.08. The predicted molar refractivity (Wildman–Crippen MR) is 86.5 cm³/mol. The van der Waals surface area contributed by atoms with E-state index in [1.807, 2.05) is 37.3 Å². The van der Waals surface area contributed by atoms with E-state index >= 15 is 0 Å². The first-order valence-electron chi connectivity index (χ1n) is 7.08. The number of benzene rings is 1. The van der Waals surface area contributed by atoms with Gasteiger partial charge >= 0.3 is 0 Å². The fraction of sp³-hybridized carbons (Fsp3) is 0.188. The molecule has 3 rings (SSSR count). The van der Waals surface area contributed by atoms with Crippen LogP contribution in [0, 0.1) is 0 Å². The number of nitrogen functional groups attached to an aromatic ring is 1. The maximum Gasteiger partial charge on any atom is 0.223 e. The second kappa shape index (κ2) is 5.48. The highest BCUT2D eigenvalue weighted by molar-refractivity contribution is 5.92. The van der Waals surface area contributed by atoms with Gasteiger partial charge in [0.2, 0.25) is 5.91 Å². The lowest BCUT2D eigenvalue weighted by Crippen LogP contribution is -2.27. The van der Waals surface area contributed by atoms with Crippen molar-refractivity contribution in [1.29, 1.82) is 0 Å². The van der Waals surface area contributed by atoms with E-state index in [9.17, 15) is 4.79 Å². The van der Waals surface area contributed by atoms with Crippen LogP contribution in [0.5, 0.6) is 0 Å². The SMILES string of the molecule is CCN(C(C)=O)c1cccc(-c2ccnc3c(N)cnn23)c1. The summed E-state index contributed by atoms with van der Waals surface area (Å²) in [7, 11) is 0. The Kier molecular flexibility index (Phi) is 3.50. The molecule has 112 valence electrons. The lowest BCUT2D eigenvalue weighted by atomic mass is 10.1. The molecule has 0 fully saturated rings. The van der Waals surface area contributed by atoms with Crippen LogP contribution in [-0.2, 0) is 4.79 Å². The molecule has 6 nitrogen and oxygen atoms in total. The van der Waals surface area contributed by atoms with Crippen LogP contribution in [0.3, 0.4) is 0 Å². The molecular formula is C16H17N5O. The molecule has 2 N–H and O–H groups in total. The van der Waals surface area contributed by atoms with Crippen molar-refractivity contribution < 1.29 is 4.79 Å². The van der Waals surface area contributed by atoms with E-state index in [2.05, 4.69) is 10.1 Å². The number of fused-ring (bicyclic) bond motifs is 1. The maximum atomic E-state index is 11.7. The molecular weight excluding hydrogens is 278 g/mol. The summed E-state index contributed by atoms with van der Waals surface area (Å²) in [6, 6.07) is 9.67. The smallest absolute Gasteiger partial charge is 0.223 e. The number of aromatic nitrogens is 3. The zero-order chi connectivity index (χ0) is 15.7. The molecule has 0 spiro atoms. The van der Waals surface area contributed by atoms with Crippen molar-refractivity contribution in [3.05, 3.63) is 42.7 Å². The molecule has 0 aliphatic rings. The second-order valence-corrected chi connectivity index (χ2v) is 4.98. The number of amides is 1. The number of carbonyl (C=O) groups is 1. The minimum absolute atomic E-state index is 0.0165. The largest absolute Gasteiger partial charge is 0.394 e. The van der Waals surface area contributed by atoms with Crippen LogP contribution in [0.1, 0.15) is 13.8 Å². The molecule has 1 aromatic carbocycles. The van der Waals surface area contributed by atoms with Crippen molar-refractivity contribution in [3.63, 3.8) is 0 Å². The molecule has 0 aliphatic carbocycles. The van der Waals surface area contributed by atoms with Crippen LogP contribution in [0.25, 0.3) is 16.9 Å². The quantitative estimate of drug-likeness (QED) is 0.804. The predicted octanol–water partition coefficient (Wildman–Crippen LogP) is 2.35. The topological polar surface area (TPSA) is 76.5 Å². The highest BCUT2D eigenvalue weighted by atomic mass is 16.2. The minimum atomic E-state index is 0.0165. The molecule has 2 heterocycles. The number of nitrogens with two attached hydrogens (primary N) is 1. The van der Waals surface area contributed by atoms with Gasteiger partial charge in [-0.25, -0.2) is 9.50 Å². The van der Waals surface area contributed by atoms with Gasteiger partial charge in [0.15, 0.2) is 5.65 Å². The molecule has 6 heteroatoms. The van der Waals surface area contributed by atoms with Crippen LogP contribution in [0.4, 0.5) is 11.4 Å². The Morgan fingerprint density at radius 2 is 2.18 bits per heavy atom. The van der Waals surface area contributed by atoms with Gasteiger partial charge in [0.1, 0.15) is 0 Å². The van der Waals surface area contributed by atoms with Gasteiger partial charge in [0, 0.05) is 30.9 Å². The van der Waals surface area contributed by atoms with Crippen molar-refractivity contribution in [3.8, 4) is 11.3 Å². The average molecular weight is 295 g/mol. The molecule has 1 amide bonds. The number of hydrogen-bond acceptors (Lipinski definition) is 4. The second-order valence-electron chi connectivity index (χ2n) is 4.98. The third-order valence-corrected chi connectivity index (χ3v) is 3.58. The van der Waals surface area contributed by atoms with Gasteiger partial charge in [-0.2, -0.15) is 5.10 Å². The van der Waals surface area contributed by atoms with Crippen LogP contribution in [0.2, 0.25) is 0 Å². The number of nitrogens with zero attached hydrogens (tertiary/aromatic N) is 4. The van der Waals surface area contributed by atoms with Gasteiger partial charge in [-0.05, 0) is 25.1 Å². The summed E-state index contributed by atoms with van der Waals surface area (Å²) in [6.45, 7) is 4.14. The number of rotatable bonds is 3. The monoisotopic (exact) mass is 295 g/mol. The summed E-state index contributed by atoms with van der Waals surface area (Å²) < 4.78 is 1.71. The van der Waals surface area contributed by atoms with Crippen LogP contribution < -0.4 is 10.6 Å². The molecule has 2 aromatic heterocycles. The summed E-state index contributed by atoms with van der Waals surface area (Å²) in [5.41, 5.74) is 9.72. The Bertz CT molecular complexity index is 839. The van der Waals surface area contributed by atoms with Gasteiger partial charge in [-0.1, -0.05) is 12.1 Å². The molecule has 3 aromatic rings. The Morgan fingerprint density at radius 3 is 2.91 bits per heavy atom.